The van der Waals surface area contributed by atoms with Crippen molar-refractivity contribution in [2.45, 2.75) is 132 Å². The lowest BCUT2D eigenvalue weighted by molar-refractivity contribution is -0.376. The van der Waals surface area contributed by atoms with E-state index in [0.717, 1.165) is 16.7 Å². The van der Waals surface area contributed by atoms with Crippen LogP contribution >= 0.6 is 0 Å². The summed E-state index contributed by atoms with van der Waals surface area (Å²) in [5.74, 6) is -0.381. The number of hydrogen-bond acceptors (Lipinski definition) is 20. The second kappa shape index (κ2) is 26.1. The van der Waals surface area contributed by atoms with Crippen molar-refractivity contribution in [3.05, 3.63) is 54.1 Å². The molecule has 0 aliphatic carbocycles. The maximum atomic E-state index is 12.4. The Bertz CT molecular complexity index is 1810. The Kier molecular flexibility index (Phi) is 21.0. The molecule has 15 atom stereocenters. The quantitative estimate of drug-likeness (QED) is 0.0465. The van der Waals surface area contributed by atoms with Crippen LogP contribution in [0.1, 0.15) is 38.2 Å². The van der Waals surface area contributed by atoms with Crippen molar-refractivity contribution >= 4 is 17.6 Å². The van der Waals surface area contributed by atoms with Gasteiger partial charge in [0.25, 0.3) is 0 Å². The van der Waals surface area contributed by atoms with Gasteiger partial charge in [0.2, 0.25) is 11.8 Å². The van der Waals surface area contributed by atoms with Crippen LogP contribution in [-0.4, -0.2) is 208 Å². The van der Waals surface area contributed by atoms with Gasteiger partial charge in [0, 0.05) is 32.9 Å². The first-order valence-corrected chi connectivity index (χ1v) is 21.9. The molecular weight excluding hydrogens is 876 g/mol. The van der Waals surface area contributed by atoms with E-state index < -0.39 is 118 Å². The van der Waals surface area contributed by atoms with E-state index in [4.69, 9.17) is 37.9 Å². The van der Waals surface area contributed by atoms with Crippen LogP contribution in [0.4, 0.5) is 0 Å². The molecule has 0 saturated carbocycles. The summed E-state index contributed by atoms with van der Waals surface area (Å²) in [4.78, 5) is 36.9. The molecule has 370 valence electrons. The Morgan fingerprint density at radius 3 is 1.97 bits per heavy atom. The average molecular weight is 941 g/mol. The fraction of sp³-hybridized carbons (Fsp3) is 0.659. The highest BCUT2D eigenvalue weighted by molar-refractivity contribution is 5.80. The molecule has 66 heavy (non-hydrogen) atoms. The van der Waals surface area contributed by atoms with E-state index in [1.165, 1.54) is 6.92 Å². The van der Waals surface area contributed by atoms with Gasteiger partial charge in [-0.15, -0.1) is 0 Å². The van der Waals surface area contributed by atoms with Crippen LogP contribution in [-0.2, 0) is 47.5 Å². The van der Waals surface area contributed by atoms with Crippen molar-refractivity contribution in [3.63, 3.8) is 0 Å². The first-order valence-electron chi connectivity index (χ1n) is 21.9. The summed E-state index contributed by atoms with van der Waals surface area (Å²) in [6.45, 7) is 1.28. The van der Waals surface area contributed by atoms with Crippen LogP contribution < -0.4 is 15.4 Å². The van der Waals surface area contributed by atoms with Crippen molar-refractivity contribution in [1.82, 2.24) is 10.6 Å². The van der Waals surface area contributed by atoms with E-state index in [0.29, 0.717) is 12.2 Å². The molecule has 3 saturated heterocycles. The molecule has 3 aliphatic heterocycles. The Hall–Kier alpha value is -3.79. The summed E-state index contributed by atoms with van der Waals surface area (Å²) in [6, 6.07) is 14.4. The van der Waals surface area contributed by atoms with Gasteiger partial charge in [-0.3, -0.25) is 14.4 Å². The van der Waals surface area contributed by atoms with E-state index in [9.17, 15) is 60.3 Å². The van der Waals surface area contributed by atoms with E-state index in [-0.39, 0.29) is 63.9 Å². The largest absolute Gasteiger partial charge is 0.486 e. The summed E-state index contributed by atoms with van der Waals surface area (Å²) in [5, 5.41) is 99.4. The number of carbonyl (C=O) groups is 3. The van der Waals surface area contributed by atoms with Gasteiger partial charge in [-0.1, -0.05) is 42.0 Å². The molecule has 6 unspecified atom stereocenters. The lowest BCUT2D eigenvalue weighted by Gasteiger charge is -2.48. The van der Waals surface area contributed by atoms with Crippen molar-refractivity contribution in [2.75, 3.05) is 52.8 Å². The van der Waals surface area contributed by atoms with Gasteiger partial charge in [-0.05, 0) is 43.0 Å². The highest BCUT2D eigenvalue weighted by atomic mass is 16.8. The third kappa shape index (κ3) is 14.6. The molecule has 3 heterocycles. The molecule has 3 fully saturated rings. The second-order valence-corrected chi connectivity index (χ2v) is 16.3. The number of aliphatic hydroxyl groups excluding tert-OH is 9. The van der Waals surface area contributed by atoms with Crippen LogP contribution in [0.25, 0.3) is 11.1 Å². The summed E-state index contributed by atoms with van der Waals surface area (Å²) in [6.07, 6.45) is -22.4. The monoisotopic (exact) mass is 940 g/mol. The molecule has 0 aromatic heterocycles. The highest BCUT2D eigenvalue weighted by Gasteiger charge is 2.54. The second-order valence-electron chi connectivity index (χ2n) is 16.3. The van der Waals surface area contributed by atoms with Crippen LogP contribution in [0.3, 0.4) is 0 Å². The lowest BCUT2D eigenvalue weighted by Crippen LogP contribution is -2.68. The van der Waals surface area contributed by atoms with Gasteiger partial charge in [0.1, 0.15) is 85.5 Å². The molecule has 3 aliphatic rings. The molecule has 2 amide bonds. The van der Waals surface area contributed by atoms with Crippen LogP contribution in [0, 0.1) is 6.92 Å². The smallest absolute Gasteiger partial charge is 0.222 e. The number of aryl methyl sites for hydroxylation is 1. The number of benzene rings is 2. The zero-order valence-corrected chi connectivity index (χ0v) is 36.8. The number of hydrogen-bond donors (Lipinski definition) is 11. The number of aliphatic hydroxyl groups is 9. The van der Waals surface area contributed by atoms with Crippen LogP contribution in [0.5, 0.6) is 5.75 Å². The van der Waals surface area contributed by atoms with E-state index >= 15 is 0 Å². The lowest BCUT2D eigenvalue weighted by atomic mass is 9.95. The zero-order valence-electron chi connectivity index (χ0n) is 36.8. The number of carbonyl (C=O) groups excluding carboxylic acids is 3. The number of nitrogens with one attached hydrogen (secondary N) is 2. The maximum absolute atomic E-state index is 12.4. The highest BCUT2D eigenvalue weighted by Crippen LogP contribution is 2.33. The molecule has 5 rings (SSSR count). The first-order chi connectivity index (χ1) is 31.6. The standard InChI is InChI=1S/C44H64N2O20/c1-23-6-3-7-26(18-23)25-9-11-28(12-10-25)61-22-27(51)8-4-15-59-17-13-32(52)45-14-5-16-60-42-33(46-24(2)50)36(55)40(31(21-49)64-42)65-44-39(58)41(35(54)30(20-48)63-44)66-43-38(57)37(56)34(53)29(19-47)62-43/h3,6-7,9-12,18,29-31,33-44,47-49,53-58H,4-5,8,13-17,19-22H2,1-2H3,(H,45,52)(H,46,50)/t29?,30?,31?,33?,34-,35-,36+,37-,38?,39?,40+,41-,42+,43+,44-/m0/s1. The summed E-state index contributed by atoms with van der Waals surface area (Å²) in [5.41, 5.74) is 3.31. The Morgan fingerprint density at radius 2 is 1.30 bits per heavy atom. The minimum Gasteiger partial charge on any atom is -0.486 e. The van der Waals surface area contributed by atoms with Gasteiger partial charge in [0.15, 0.2) is 24.7 Å². The third-order valence-corrected chi connectivity index (χ3v) is 11.2. The molecule has 11 N–H and O–H groups in total. The van der Waals surface area contributed by atoms with Gasteiger partial charge < -0.3 is 94.5 Å². The van der Waals surface area contributed by atoms with Gasteiger partial charge >= 0.3 is 0 Å². The third-order valence-electron chi connectivity index (χ3n) is 11.2. The Labute approximate surface area is 381 Å². The van der Waals surface area contributed by atoms with Gasteiger partial charge in [0.05, 0.1) is 33.0 Å². The molecular formula is C44H64N2O20. The first kappa shape index (κ1) is 53.2. The van der Waals surface area contributed by atoms with Gasteiger partial charge in [-0.25, -0.2) is 0 Å². The predicted octanol–water partition coefficient (Wildman–Crippen LogP) is -3.09. The minimum absolute atomic E-state index is 0.0398. The van der Waals surface area contributed by atoms with E-state index in [1.807, 2.05) is 49.4 Å². The van der Waals surface area contributed by atoms with Crippen molar-refractivity contribution in [1.29, 1.82) is 0 Å². The number of ketones is 1. The van der Waals surface area contributed by atoms with Crippen molar-refractivity contribution in [2.24, 2.45) is 0 Å². The molecule has 22 heteroatoms. The Morgan fingerprint density at radius 1 is 0.652 bits per heavy atom. The van der Waals surface area contributed by atoms with Gasteiger partial charge in [-0.2, -0.15) is 0 Å². The number of amides is 2. The van der Waals surface area contributed by atoms with Crippen molar-refractivity contribution < 1.29 is 98.2 Å². The SMILES string of the molecule is CC(=O)NC1[C@H](OCCCNC(=O)CCOCCCC(=O)COc2ccc(-c3cccc(C)c3)cc2)OC(CO)[C@@H](O[C@@H]2OC(CO)[C@H](O)[C@H](O[C@H]3OC(CO)[C@H](O)[C@H](O)C3O)C2O)[C@@H]1O. The fourth-order valence-corrected chi connectivity index (χ4v) is 7.61. The summed E-state index contributed by atoms with van der Waals surface area (Å²) >= 11 is 0. The van der Waals surface area contributed by atoms with Crippen molar-refractivity contribution in [3.8, 4) is 16.9 Å². The molecule has 0 bridgehead atoms. The number of ether oxygens (including phenoxy) is 8. The van der Waals surface area contributed by atoms with E-state index in [1.54, 1.807) is 0 Å². The number of rotatable bonds is 24. The number of Topliss-reactive ketones (excluding diaryl/α,β-unsaturated/α-hetero) is 1. The Balaban J connectivity index is 1.01. The van der Waals surface area contributed by atoms with Crippen LogP contribution in [0.2, 0.25) is 0 Å². The normalized spacial score (nSPS) is 32.4. The molecule has 0 spiro atoms. The molecule has 0 radical (unpaired) electrons. The zero-order chi connectivity index (χ0) is 47.9. The summed E-state index contributed by atoms with van der Waals surface area (Å²) < 4.78 is 45.2. The van der Waals surface area contributed by atoms with E-state index in [2.05, 4.69) is 16.7 Å². The topological polar surface area (TPSA) is 331 Å². The molecule has 22 nitrogen and oxygen atoms in total. The molecule has 2 aromatic carbocycles. The predicted molar refractivity (Wildman–Crippen MR) is 226 cm³/mol. The van der Waals surface area contributed by atoms with Crippen LogP contribution in [0.15, 0.2) is 48.5 Å². The maximum Gasteiger partial charge on any atom is 0.222 e. The fourth-order valence-electron chi connectivity index (χ4n) is 7.61. The average Bonchev–Trinajstić information content (AvgIpc) is 3.30. The molecule has 2 aromatic rings. The minimum atomic E-state index is -1.96. The summed E-state index contributed by atoms with van der Waals surface area (Å²) in [7, 11) is 0.